The zero-order valence-electron chi connectivity index (χ0n) is 5.97. The van der Waals surface area contributed by atoms with Crippen molar-refractivity contribution in [3.05, 3.63) is 0 Å². The molecule has 0 aliphatic carbocycles. The van der Waals surface area contributed by atoms with Crippen LogP contribution in [0.4, 0.5) is 0 Å². The summed E-state index contributed by atoms with van der Waals surface area (Å²) in [4.78, 5) is 10.8. The van der Waals surface area contributed by atoms with Crippen molar-refractivity contribution in [3.8, 4) is 0 Å². The van der Waals surface area contributed by atoms with E-state index in [1.165, 1.54) is 0 Å². The van der Waals surface area contributed by atoms with Gasteiger partial charge in [-0.1, -0.05) is 0 Å². The van der Waals surface area contributed by atoms with E-state index in [0.717, 1.165) is 19.4 Å². The highest BCUT2D eigenvalue weighted by molar-refractivity contribution is 5.76. The third kappa shape index (κ3) is 1.99. The van der Waals surface area contributed by atoms with Crippen molar-refractivity contribution in [2.24, 2.45) is 5.92 Å². The van der Waals surface area contributed by atoms with Crippen LogP contribution in [-0.2, 0) is 4.79 Å². The Kier molecular flexibility index (Phi) is 2.68. The van der Waals surface area contributed by atoms with Gasteiger partial charge in [0.25, 0.3) is 0 Å². The lowest BCUT2D eigenvalue weighted by atomic mass is 10.0. The van der Waals surface area contributed by atoms with Crippen molar-refractivity contribution in [2.75, 3.05) is 13.2 Å². The largest absolute Gasteiger partial charge is 0.396 e. The van der Waals surface area contributed by atoms with Gasteiger partial charge in [0.2, 0.25) is 5.91 Å². The molecule has 1 atom stereocenters. The number of aliphatic hydroxyl groups excluding tert-OH is 1. The molecule has 1 rings (SSSR count). The number of nitrogens with one attached hydrogen (secondary N) is 1. The number of aliphatic hydroxyl groups is 1. The van der Waals surface area contributed by atoms with Gasteiger partial charge in [0.15, 0.2) is 0 Å². The molecule has 0 radical (unpaired) electrons. The van der Waals surface area contributed by atoms with Crippen LogP contribution in [0.25, 0.3) is 0 Å². The molecule has 0 saturated carbocycles. The molecular weight excluding hydrogens is 130 g/mol. The molecule has 0 aromatic carbocycles. The van der Waals surface area contributed by atoms with E-state index in [2.05, 4.69) is 5.32 Å². The Hall–Kier alpha value is -0.570. The molecule has 0 spiro atoms. The number of hydrogen-bond donors (Lipinski definition) is 2. The highest BCUT2D eigenvalue weighted by Crippen LogP contribution is 2.12. The van der Waals surface area contributed by atoms with Gasteiger partial charge in [-0.2, -0.15) is 0 Å². The monoisotopic (exact) mass is 143 g/mol. The Morgan fingerprint density at radius 1 is 1.70 bits per heavy atom. The summed E-state index contributed by atoms with van der Waals surface area (Å²) in [5.74, 6) is 0.277. The molecule has 1 fully saturated rings. The first kappa shape index (κ1) is 7.54. The predicted molar refractivity (Wildman–Crippen MR) is 37.4 cm³/mol. The van der Waals surface area contributed by atoms with Crippen LogP contribution in [0, 0.1) is 5.92 Å². The zero-order chi connectivity index (χ0) is 7.40. The van der Waals surface area contributed by atoms with Crippen molar-refractivity contribution in [1.29, 1.82) is 0 Å². The molecule has 58 valence electrons. The summed E-state index contributed by atoms with van der Waals surface area (Å²) in [5, 5.41) is 11.5. The topological polar surface area (TPSA) is 49.3 Å². The molecule has 0 aromatic rings. The molecule has 1 unspecified atom stereocenters. The van der Waals surface area contributed by atoms with Gasteiger partial charge in [0, 0.05) is 19.6 Å². The molecule has 0 aromatic heterocycles. The van der Waals surface area contributed by atoms with E-state index in [1.807, 2.05) is 0 Å². The number of rotatable bonds is 1. The summed E-state index contributed by atoms with van der Waals surface area (Å²) in [7, 11) is 0. The van der Waals surface area contributed by atoms with Gasteiger partial charge in [0.05, 0.1) is 0 Å². The van der Waals surface area contributed by atoms with Gasteiger partial charge in [-0.25, -0.2) is 0 Å². The summed E-state index contributed by atoms with van der Waals surface area (Å²) in [6.07, 6.45) is 2.46. The Bertz CT molecular complexity index is 125. The van der Waals surface area contributed by atoms with E-state index in [-0.39, 0.29) is 18.4 Å². The van der Waals surface area contributed by atoms with Crippen molar-refractivity contribution >= 4 is 5.91 Å². The van der Waals surface area contributed by atoms with Crippen molar-refractivity contribution in [3.63, 3.8) is 0 Å². The third-order valence-electron chi connectivity index (χ3n) is 1.84. The Morgan fingerprint density at radius 2 is 2.50 bits per heavy atom. The van der Waals surface area contributed by atoms with Crippen molar-refractivity contribution in [1.82, 2.24) is 5.32 Å². The maximum absolute atomic E-state index is 10.8. The average molecular weight is 143 g/mol. The van der Waals surface area contributed by atoms with Crippen LogP contribution in [0.2, 0.25) is 0 Å². The first-order chi connectivity index (χ1) is 4.83. The second-order valence-corrected chi connectivity index (χ2v) is 2.74. The highest BCUT2D eigenvalue weighted by Gasteiger charge is 2.15. The SMILES string of the molecule is O=C1CC(CO)CCCN1. The summed E-state index contributed by atoms with van der Waals surface area (Å²) in [6.45, 7) is 0.919. The minimum absolute atomic E-state index is 0.0801. The van der Waals surface area contributed by atoms with E-state index >= 15 is 0 Å². The molecule has 1 heterocycles. The third-order valence-corrected chi connectivity index (χ3v) is 1.84. The molecule has 1 amide bonds. The van der Waals surface area contributed by atoms with Crippen molar-refractivity contribution in [2.45, 2.75) is 19.3 Å². The summed E-state index contributed by atoms with van der Waals surface area (Å²) in [5.41, 5.74) is 0. The van der Waals surface area contributed by atoms with Gasteiger partial charge in [-0.3, -0.25) is 4.79 Å². The van der Waals surface area contributed by atoms with Crippen LogP contribution in [-0.4, -0.2) is 24.2 Å². The minimum Gasteiger partial charge on any atom is -0.396 e. The Morgan fingerprint density at radius 3 is 3.20 bits per heavy atom. The average Bonchev–Trinajstić information content (AvgIpc) is 2.13. The molecule has 1 aliphatic rings. The second-order valence-electron chi connectivity index (χ2n) is 2.74. The first-order valence-corrected chi connectivity index (χ1v) is 3.70. The molecular formula is C7H13NO2. The van der Waals surface area contributed by atoms with E-state index in [1.54, 1.807) is 0 Å². The number of hydrogen-bond acceptors (Lipinski definition) is 2. The first-order valence-electron chi connectivity index (χ1n) is 3.70. The van der Waals surface area contributed by atoms with Gasteiger partial charge in [-0.05, 0) is 18.8 Å². The number of amides is 1. The molecule has 1 aliphatic heterocycles. The summed E-state index contributed by atoms with van der Waals surface area (Å²) >= 11 is 0. The number of carbonyl (C=O) groups is 1. The molecule has 10 heavy (non-hydrogen) atoms. The fraction of sp³-hybridized carbons (Fsp3) is 0.857. The zero-order valence-corrected chi connectivity index (χ0v) is 5.97. The van der Waals surface area contributed by atoms with Crippen LogP contribution in [0.5, 0.6) is 0 Å². The van der Waals surface area contributed by atoms with Gasteiger partial charge in [0.1, 0.15) is 0 Å². The smallest absolute Gasteiger partial charge is 0.220 e. The van der Waals surface area contributed by atoms with Crippen LogP contribution in [0.15, 0.2) is 0 Å². The Balaban J connectivity index is 2.38. The second kappa shape index (κ2) is 3.56. The lowest BCUT2D eigenvalue weighted by Gasteiger charge is -2.06. The molecule has 0 bridgehead atoms. The van der Waals surface area contributed by atoms with E-state index in [4.69, 9.17) is 5.11 Å². The van der Waals surface area contributed by atoms with Crippen LogP contribution < -0.4 is 5.32 Å². The Labute approximate surface area is 60.4 Å². The van der Waals surface area contributed by atoms with E-state index in [9.17, 15) is 4.79 Å². The predicted octanol–water partition coefficient (Wildman–Crippen LogP) is -0.105. The lowest BCUT2D eigenvalue weighted by molar-refractivity contribution is -0.121. The van der Waals surface area contributed by atoms with Crippen LogP contribution >= 0.6 is 0 Å². The fourth-order valence-electron chi connectivity index (χ4n) is 1.21. The standard InChI is InChI=1S/C7H13NO2/c9-5-6-2-1-3-8-7(10)4-6/h6,9H,1-5H2,(H,8,10). The summed E-state index contributed by atoms with van der Waals surface area (Å²) < 4.78 is 0. The minimum atomic E-state index is 0.0801. The molecule has 3 nitrogen and oxygen atoms in total. The van der Waals surface area contributed by atoms with Crippen LogP contribution in [0.1, 0.15) is 19.3 Å². The molecule has 1 saturated heterocycles. The van der Waals surface area contributed by atoms with Gasteiger partial charge < -0.3 is 10.4 Å². The summed E-state index contributed by atoms with van der Waals surface area (Å²) in [6, 6.07) is 0. The number of carbonyl (C=O) groups excluding carboxylic acids is 1. The maximum Gasteiger partial charge on any atom is 0.220 e. The van der Waals surface area contributed by atoms with E-state index < -0.39 is 0 Å². The van der Waals surface area contributed by atoms with Crippen molar-refractivity contribution < 1.29 is 9.90 Å². The lowest BCUT2D eigenvalue weighted by Crippen LogP contribution is -2.22. The molecule has 3 heteroatoms. The van der Waals surface area contributed by atoms with E-state index in [0.29, 0.717) is 6.42 Å². The highest BCUT2D eigenvalue weighted by atomic mass is 16.3. The quantitative estimate of drug-likeness (QED) is 0.538. The maximum atomic E-state index is 10.8. The van der Waals surface area contributed by atoms with Crippen LogP contribution in [0.3, 0.4) is 0 Å². The fourth-order valence-corrected chi connectivity index (χ4v) is 1.21. The van der Waals surface area contributed by atoms with Gasteiger partial charge in [-0.15, -0.1) is 0 Å². The molecule has 2 N–H and O–H groups in total. The normalized spacial score (nSPS) is 27.3. The van der Waals surface area contributed by atoms with Gasteiger partial charge >= 0.3 is 0 Å².